The zero-order valence-corrected chi connectivity index (χ0v) is 17.2. The van der Waals surface area contributed by atoms with Gasteiger partial charge in [-0.3, -0.25) is 0 Å². The SMILES string of the molecule is Cc1c([C@@H](NC(=O)Nc2cnc(N3CCOCC3)nc2)C(F)(F)F)oc2c(F)cc(F)cc12. The Morgan fingerprint density at radius 3 is 2.45 bits per heavy atom. The topological polar surface area (TPSA) is 92.5 Å². The Hall–Kier alpha value is -3.48. The zero-order chi connectivity index (χ0) is 23.8. The third-order valence-electron chi connectivity index (χ3n) is 5.05. The summed E-state index contributed by atoms with van der Waals surface area (Å²) in [5.74, 6) is -2.48. The lowest BCUT2D eigenvalue weighted by atomic mass is 10.1. The van der Waals surface area contributed by atoms with Gasteiger partial charge < -0.3 is 24.7 Å². The van der Waals surface area contributed by atoms with Crippen molar-refractivity contribution in [2.75, 3.05) is 36.5 Å². The number of rotatable bonds is 4. The molecule has 0 spiro atoms. The summed E-state index contributed by atoms with van der Waals surface area (Å²) in [6, 6.07) is -2.47. The fraction of sp³-hybridized carbons (Fsp3) is 0.350. The number of ether oxygens (including phenoxy) is 1. The van der Waals surface area contributed by atoms with Gasteiger partial charge in [0.05, 0.1) is 31.3 Å². The number of hydrogen-bond acceptors (Lipinski definition) is 6. The first kappa shape index (κ1) is 22.7. The Balaban J connectivity index is 1.53. The predicted octanol–water partition coefficient (Wildman–Crippen LogP) is 4.07. The molecule has 3 heterocycles. The van der Waals surface area contributed by atoms with Crippen molar-refractivity contribution in [1.82, 2.24) is 15.3 Å². The van der Waals surface area contributed by atoms with Crippen LogP contribution in [0.5, 0.6) is 0 Å². The molecule has 4 rings (SSSR count). The molecule has 1 aromatic carbocycles. The van der Waals surface area contributed by atoms with Crippen molar-refractivity contribution in [3.8, 4) is 0 Å². The van der Waals surface area contributed by atoms with Crippen LogP contribution in [0.25, 0.3) is 11.0 Å². The number of carbonyl (C=O) groups is 1. The van der Waals surface area contributed by atoms with Gasteiger partial charge in [0.2, 0.25) is 5.95 Å². The van der Waals surface area contributed by atoms with E-state index in [-0.39, 0.29) is 16.6 Å². The number of halogens is 5. The maximum Gasteiger partial charge on any atom is 0.416 e. The van der Waals surface area contributed by atoms with Crippen LogP contribution in [0.3, 0.4) is 0 Å². The molecule has 2 N–H and O–H groups in total. The molecule has 0 unspecified atom stereocenters. The quantitative estimate of drug-likeness (QED) is 0.558. The van der Waals surface area contributed by atoms with Crippen molar-refractivity contribution in [1.29, 1.82) is 0 Å². The molecule has 0 bridgehead atoms. The summed E-state index contributed by atoms with van der Waals surface area (Å²) in [6.45, 7) is 3.42. The first-order valence-electron chi connectivity index (χ1n) is 9.80. The second-order valence-electron chi connectivity index (χ2n) is 7.30. The molecule has 13 heteroatoms. The third-order valence-corrected chi connectivity index (χ3v) is 5.05. The van der Waals surface area contributed by atoms with E-state index in [1.165, 1.54) is 19.3 Å². The Bertz CT molecular complexity index is 1160. The lowest BCUT2D eigenvalue weighted by molar-refractivity contribution is -0.158. The van der Waals surface area contributed by atoms with Gasteiger partial charge in [-0.1, -0.05) is 0 Å². The molecule has 0 saturated carbocycles. The number of anilines is 2. The fourth-order valence-corrected chi connectivity index (χ4v) is 3.44. The van der Waals surface area contributed by atoms with Crippen LogP contribution < -0.4 is 15.5 Å². The van der Waals surface area contributed by atoms with Crippen LogP contribution in [-0.2, 0) is 4.74 Å². The lowest BCUT2D eigenvalue weighted by Crippen LogP contribution is -2.40. The molecule has 176 valence electrons. The largest absolute Gasteiger partial charge is 0.455 e. The predicted molar refractivity (Wildman–Crippen MR) is 107 cm³/mol. The van der Waals surface area contributed by atoms with E-state index in [2.05, 4.69) is 15.3 Å². The lowest BCUT2D eigenvalue weighted by Gasteiger charge is -2.26. The van der Waals surface area contributed by atoms with Crippen molar-refractivity contribution < 1.29 is 35.9 Å². The minimum absolute atomic E-state index is 0.0554. The molecule has 3 aromatic rings. The molecule has 1 atom stereocenters. The number of benzene rings is 1. The number of furan rings is 1. The first-order valence-corrected chi connectivity index (χ1v) is 9.80. The van der Waals surface area contributed by atoms with Gasteiger partial charge in [0.1, 0.15) is 11.6 Å². The van der Waals surface area contributed by atoms with E-state index in [1.54, 1.807) is 5.32 Å². The first-order chi connectivity index (χ1) is 15.6. The van der Waals surface area contributed by atoms with E-state index in [0.717, 1.165) is 6.07 Å². The molecule has 2 aromatic heterocycles. The number of nitrogens with one attached hydrogen (secondary N) is 2. The summed E-state index contributed by atoms with van der Waals surface area (Å²) < 4.78 is 79.0. The van der Waals surface area contributed by atoms with Crippen molar-refractivity contribution in [2.45, 2.75) is 19.1 Å². The number of alkyl halides is 3. The Labute approximate surface area is 183 Å². The Morgan fingerprint density at radius 2 is 1.82 bits per heavy atom. The average molecular weight is 471 g/mol. The van der Waals surface area contributed by atoms with Crippen molar-refractivity contribution in [3.63, 3.8) is 0 Å². The summed E-state index contributed by atoms with van der Waals surface area (Å²) in [4.78, 5) is 22.4. The number of morpholine rings is 1. The fourth-order valence-electron chi connectivity index (χ4n) is 3.44. The van der Waals surface area contributed by atoms with Gasteiger partial charge in [-0.15, -0.1) is 0 Å². The molecule has 1 aliphatic heterocycles. The van der Waals surface area contributed by atoms with Crippen LogP contribution in [0.2, 0.25) is 0 Å². The molecule has 8 nitrogen and oxygen atoms in total. The van der Waals surface area contributed by atoms with E-state index in [9.17, 15) is 26.7 Å². The zero-order valence-electron chi connectivity index (χ0n) is 17.2. The van der Waals surface area contributed by atoms with Gasteiger partial charge in [0.15, 0.2) is 17.4 Å². The normalized spacial score (nSPS) is 15.5. The minimum atomic E-state index is -4.98. The summed E-state index contributed by atoms with van der Waals surface area (Å²) in [5.41, 5.74) is -0.628. The van der Waals surface area contributed by atoms with Crippen molar-refractivity contribution >= 4 is 28.6 Å². The number of urea groups is 1. The Morgan fingerprint density at radius 1 is 1.15 bits per heavy atom. The third kappa shape index (κ3) is 4.82. The highest BCUT2D eigenvalue weighted by Gasteiger charge is 2.45. The van der Waals surface area contributed by atoms with Crippen LogP contribution in [0, 0.1) is 18.6 Å². The molecule has 1 aliphatic rings. The van der Waals surface area contributed by atoms with E-state index >= 15 is 0 Å². The smallest absolute Gasteiger partial charge is 0.416 e. The van der Waals surface area contributed by atoms with Gasteiger partial charge in [-0.05, 0) is 13.0 Å². The summed E-state index contributed by atoms with van der Waals surface area (Å²) in [7, 11) is 0. The maximum atomic E-state index is 14.0. The van der Waals surface area contributed by atoms with Gasteiger partial charge in [0, 0.05) is 30.1 Å². The molecule has 1 fully saturated rings. The van der Waals surface area contributed by atoms with Gasteiger partial charge in [0.25, 0.3) is 0 Å². The standard InChI is InChI=1S/C20H18F5N5O3/c1-10-13-6-11(21)7-14(22)16(13)33-15(10)17(20(23,24)25)29-19(31)28-12-8-26-18(27-9-12)30-2-4-32-5-3-30/h6-9,17H,2-5H2,1H3,(H2,28,29,31)/t17-/m1/s1. The van der Waals surface area contributed by atoms with Crippen molar-refractivity contribution in [2.24, 2.45) is 0 Å². The average Bonchev–Trinajstić information content (AvgIpc) is 3.09. The number of hydrogen-bond donors (Lipinski definition) is 2. The highest BCUT2D eigenvalue weighted by atomic mass is 19.4. The molecule has 33 heavy (non-hydrogen) atoms. The molecular formula is C20H18F5N5O3. The minimum Gasteiger partial charge on any atom is -0.455 e. The van der Waals surface area contributed by atoms with E-state index in [1.807, 2.05) is 4.90 Å². The van der Waals surface area contributed by atoms with Crippen LogP contribution in [0.4, 0.5) is 38.4 Å². The second kappa shape index (κ2) is 8.81. The molecule has 0 radical (unpaired) electrons. The maximum absolute atomic E-state index is 14.0. The highest BCUT2D eigenvalue weighted by molar-refractivity contribution is 5.89. The van der Waals surface area contributed by atoms with E-state index < -0.39 is 41.2 Å². The number of aromatic nitrogens is 2. The van der Waals surface area contributed by atoms with Gasteiger partial charge >= 0.3 is 12.2 Å². The van der Waals surface area contributed by atoms with E-state index in [0.29, 0.717) is 38.3 Å². The highest BCUT2D eigenvalue weighted by Crippen LogP contribution is 2.39. The molecule has 2 amide bonds. The molecule has 1 saturated heterocycles. The van der Waals surface area contributed by atoms with Gasteiger partial charge in [-0.2, -0.15) is 13.2 Å². The number of carbonyl (C=O) groups excluding carboxylic acids is 1. The number of fused-ring (bicyclic) bond motifs is 1. The number of aryl methyl sites for hydroxylation is 1. The van der Waals surface area contributed by atoms with Crippen LogP contribution >= 0.6 is 0 Å². The second-order valence-corrected chi connectivity index (χ2v) is 7.30. The Kier molecular flexibility index (Phi) is 6.06. The summed E-state index contributed by atoms with van der Waals surface area (Å²) >= 11 is 0. The molecule has 0 aliphatic carbocycles. The summed E-state index contributed by atoms with van der Waals surface area (Å²) in [6.07, 6.45) is -2.48. The molecular weight excluding hydrogens is 453 g/mol. The monoisotopic (exact) mass is 471 g/mol. The van der Waals surface area contributed by atoms with Crippen LogP contribution in [0.1, 0.15) is 17.4 Å². The van der Waals surface area contributed by atoms with Crippen molar-refractivity contribution in [3.05, 3.63) is 47.5 Å². The van der Waals surface area contributed by atoms with E-state index in [4.69, 9.17) is 9.15 Å². The van der Waals surface area contributed by atoms with Crippen LogP contribution in [0.15, 0.2) is 28.9 Å². The number of nitrogens with zero attached hydrogens (tertiary/aromatic N) is 3. The number of amides is 2. The van der Waals surface area contributed by atoms with Crippen LogP contribution in [-0.4, -0.2) is 48.5 Å². The summed E-state index contributed by atoms with van der Waals surface area (Å²) in [5, 5.41) is 3.83. The van der Waals surface area contributed by atoms with Gasteiger partial charge in [-0.25, -0.2) is 23.5 Å².